The molecular weight excluding hydrogens is 604 g/mol. The number of nitrogens with one attached hydrogen (secondary N) is 2. The van der Waals surface area contributed by atoms with E-state index in [4.69, 9.17) is 24.1 Å². The zero-order valence-electron chi connectivity index (χ0n) is 26.7. The average Bonchev–Trinajstić information content (AvgIpc) is 3.10. The van der Waals surface area contributed by atoms with E-state index in [0.717, 1.165) is 11.1 Å². The molecule has 11 heteroatoms. The summed E-state index contributed by atoms with van der Waals surface area (Å²) in [6.45, 7) is 0.673. The van der Waals surface area contributed by atoms with E-state index < -0.39 is 17.7 Å². The molecule has 47 heavy (non-hydrogen) atoms. The van der Waals surface area contributed by atoms with E-state index in [-0.39, 0.29) is 61.5 Å². The maximum Gasteiger partial charge on any atom is 0.337 e. The number of carbonyl (C=O) groups is 4. The van der Waals surface area contributed by atoms with Gasteiger partial charge < -0.3 is 34.7 Å². The van der Waals surface area contributed by atoms with E-state index in [1.165, 1.54) is 13.2 Å². The maximum absolute atomic E-state index is 13.4. The highest BCUT2D eigenvalue weighted by molar-refractivity contribution is 6.06. The predicted molar refractivity (Wildman–Crippen MR) is 171 cm³/mol. The van der Waals surface area contributed by atoms with Crippen molar-refractivity contribution >= 4 is 23.6 Å². The number of benzene rings is 2. The van der Waals surface area contributed by atoms with E-state index in [9.17, 15) is 19.2 Å². The van der Waals surface area contributed by atoms with E-state index in [1.54, 1.807) is 31.4 Å². The third-order valence-corrected chi connectivity index (χ3v) is 9.19. The second kappa shape index (κ2) is 15.5. The van der Waals surface area contributed by atoms with Gasteiger partial charge in [0.15, 0.2) is 5.78 Å². The highest BCUT2D eigenvalue weighted by Gasteiger charge is 2.58. The summed E-state index contributed by atoms with van der Waals surface area (Å²) in [7, 11) is 2.90. The third kappa shape index (κ3) is 7.64. The van der Waals surface area contributed by atoms with Crippen LogP contribution in [-0.4, -0.2) is 75.0 Å². The number of ether oxygens (including phenoxy) is 4. The molecule has 2 aromatic rings. The molecular formula is C36H42N2O9. The smallest absolute Gasteiger partial charge is 0.337 e. The Bertz CT molecular complexity index is 1520. The molecule has 11 nitrogen and oxygen atoms in total. The van der Waals surface area contributed by atoms with Crippen molar-refractivity contribution in [1.29, 1.82) is 0 Å². The number of methoxy groups -OCH3 is 2. The largest absolute Gasteiger partial charge is 0.465 e. The van der Waals surface area contributed by atoms with Crippen LogP contribution in [0.25, 0.3) is 0 Å². The van der Waals surface area contributed by atoms with Crippen molar-refractivity contribution in [3.63, 3.8) is 0 Å². The first-order valence-electron chi connectivity index (χ1n) is 16.0. The van der Waals surface area contributed by atoms with Gasteiger partial charge in [-0.3, -0.25) is 14.4 Å². The Balaban J connectivity index is 1.43. The van der Waals surface area contributed by atoms with Crippen molar-refractivity contribution in [2.45, 2.75) is 44.0 Å². The summed E-state index contributed by atoms with van der Waals surface area (Å²) >= 11 is 0. The van der Waals surface area contributed by atoms with Crippen molar-refractivity contribution in [2.24, 2.45) is 17.8 Å². The summed E-state index contributed by atoms with van der Waals surface area (Å²) in [6, 6.07) is 15.1. The van der Waals surface area contributed by atoms with Crippen LogP contribution in [0.3, 0.4) is 0 Å². The van der Waals surface area contributed by atoms with Gasteiger partial charge in [-0.15, -0.1) is 0 Å². The molecule has 1 heterocycles. The third-order valence-electron chi connectivity index (χ3n) is 9.19. The number of carbonyl (C=O) groups excluding carboxylic acids is 4. The minimum Gasteiger partial charge on any atom is -0.465 e. The lowest BCUT2D eigenvalue weighted by Gasteiger charge is -2.53. The molecule has 0 aromatic heterocycles. The predicted octanol–water partition coefficient (Wildman–Crippen LogP) is 3.22. The van der Waals surface area contributed by atoms with Crippen LogP contribution in [0.15, 0.2) is 72.3 Å². The summed E-state index contributed by atoms with van der Waals surface area (Å²) in [5, 5.41) is 14.0. The van der Waals surface area contributed by atoms with Gasteiger partial charge in [0.2, 0.25) is 17.6 Å². The Morgan fingerprint density at radius 3 is 2.57 bits per heavy atom. The van der Waals surface area contributed by atoms with Crippen LogP contribution in [0.2, 0.25) is 0 Å². The molecule has 0 saturated heterocycles. The van der Waals surface area contributed by atoms with Gasteiger partial charge in [-0.05, 0) is 72.6 Å². The summed E-state index contributed by atoms with van der Waals surface area (Å²) in [4.78, 5) is 50.5. The lowest BCUT2D eigenvalue weighted by molar-refractivity contribution is -0.180. The van der Waals surface area contributed by atoms with Gasteiger partial charge in [0.05, 0.1) is 38.3 Å². The molecule has 2 aliphatic carbocycles. The molecule has 2 aromatic carbocycles. The minimum atomic E-state index is -1.21. The van der Waals surface area contributed by atoms with Gasteiger partial charge in [-0.1, -0.05) is 36.4 Å². The maximum atomic E-state index is 13.4. The number of amides is 2. The molecule has 0 spiro atoms. The Morgan fingerprint density at radius 1 is 1.02 bits per heavy atom. The van der Waals surface area contributed by atoms with Gasteiger partial charge in [-0.25, -0.2) is 4.79 Å². The summed E-state index contributed by atoms with van der Waals surface area (Å²) in [6.07, 6.45) is 7.14. The molecule has 0 fully saturated rings. The van der Waals surface area contributed by atoms with Crippen LogP contribution in [-0.2, 0) is 35.2 Å². The Morgan fingerprint density at radius 2 is 1.83 bits per heavy atom. The van der Waals surface area contributed by atoms with Crippen molar-refractivity contribution < 1.29 is 43.2 Å². The number of esters is 1. The summed E-state index contributed by atoms with van der Waals surface area (Å²) in [5.41, 5.74) is 2.82. The quantitative estimate of drug-likeness (QED) is 0.196. The number of hydrogen-bond acceptors (Lipinski definition) is 9. The highest BCUT2D eigenvalue weighted by atomic mass is 16.7. The van der Waals surface area contributed by atoms with Gasteiger partial charge >= 0.3 is 5.97 Å². The number of rotatable bonds is 15. The van der Waals surface area contributed by atoms with Gasteiger partial charge in [0.1, 0.15) is 5.75 Å². The number of aliphatic hydroxyl groups excluding tert-OH is 1. The first kappa shape index (κ1) is 34.0. The second-order valence-corrected chi connectivity index (χ2v) is 12.0. The number of ketones is 1. The normalized spacial score (nSPS) is 23.9. The van der Waals surface area contributed by atoms with Crippen LogP contribution >= 0.6 is 0 Å². The first-order valence-corrected chi connectivity index (χ1v) is 16.0. The van der Waals surface area contributed by atoms with Crippen molar-refractivity contribution in [3.05, 3.63) is 89.0 Å². The van der Waals surface area contributed by atoms with Gasteiger partial charge in [-0.2, -0.15) is 0 Å². The number of aliphatic hydroxyl groups is 1. The number of fused-ring (bicyclic) bond motifs is 2. The fourth-order valence-corrected chi connectivity index (χ4v) is 7.02. The van der Waals surface area contributed by atoms with Crippen LogP contribution in [0.5, 0.6) is 5.75 Å². The molecule has 0 bridgehead atoms. The monoisotopic (exact) mass is 646 g/mol. The minimum absolute atomic E-state index is 0.0591. The molecule has 1 aliphatic heterocycles. The van der Waals surface area contributed by atoms with E-state index in [0.29, 0.717) is 49.4 Å². The molecule has 5 atom stereocenters. The van der Waals surface area contributed by atoms with Crippen LogP contribution in [0.1, 0.15) is 53.1 Å². The van der Waals surface area contributed by atoms with Crippen molar-refractivity contribution in [2.75, 3.05) is 40.5 Å². The van der Waals surface area contributed by atoms with E-state index in [2.05, 4.69) is 10.6 Å². The first-order chi connectivity index (χ1) is 22.8. The zero-order chi connectivity index (χ0) is 33.4. The molecule has 0 unspecified atom stereocenters. The Kier molecular flexibility index (Phi) is 11.2. The fraction of sp³-hybridized carbons (Fsp3) is 0.444. The van der Waals surface area contributed by atoms with Gasteiger partial charge in [0.25, 0.3) is 0 Å². The van der Waals surface area contributed by atoms with Gasteiger partial charge in [0, 0.05) is 38.2 Å². The van der Waals surface area contributed by atoms with E-state index >= 15 is 0 Å². The molecule has 250 valence electrons. The molecule has 0 radical (unpaired) electrons. The lowest BCUT2D eigenvalue weighted by Crippen LogP contribution is -2.56. The fourth-order valence-electron chi connectivity index (χ4n) is 7.02. The highest BCUT2D eigenvalue weighted by Crippen LogP contribution is 2.59. The molecule has 3 aliphatic rings. The molecule has 5 rings (SSSR count). The Hall–Kier alpha value is -4.32. The van der Waals surface area contributed by atoms with Crippen molar-refractivity contribution in [1.82, 2.24) is 10.6 Å². The van der Waals surface area contributed by atoms with Crippen LogP contribution in [0.4, 0.5) is 0 Å². The Labute approximate surface area is 274 Å². The lowest BCUT2D eigenvalue weighted by atomic mass is 9.57. The topological polar surface area (TPSA) is 149 Å². The van der Waals surface area contributed by atoms with Crippen LogP contribution in [0, 0.1) is 17.8 Å². The van der Waals surface area contributed by atoms with Crippen molar-refractivity contribution in [3.8, 4) is 5.75 Å². The molecule has 0 saturated carbocycles. The average molecular weight is 647 g/mol. The van der Waals surface area contributed by atoms with E-state index in [1.807, 2.05) is 36.4 Å². The summed E-state index contributed by atoms with van der Waals surface area (Å²) < 4.78 is 23.7. The standard InChI is InChI=1S/C36H42N2O9/c1-44-35(43)25-11-12-30-28(20-25)33-26(14-18-46-22-23-7-4-3-5-8-23)24(9-6-10-31(41)38-21-32(42)37-16-17-39)19-27-29(40)13-15-36(45-2,47-30)34(27)33/h3-5,7-8,11-13,15,19-20,24,26,33-34,39H,6,9-10,14,16-18,21-22H2,1-2H3,(H,37,42)(H,38,41)/t24-,26+,33+,34+,36+/m0/s1. The molecule has 3 N–H and O–H groups in total. The second-order valence-electron chi connectivity index (χ2n) is 12.0. The zero-order valence-corrected chi connectivity index (χ0v) is 26.7. The number of hydrogen-bond donors (Lipinski definition) is 3. The molecule has 2 amide bonds. The number of allylic oxidation sites excluding steroid dienone is 2. The SMILES string of the molecule is COC(=O)c1ccc2c(c1)[C@H]1[C@H](CCOCc3ccccc3)[C@@H](CCCC(=O)NCC(=O)NCCO)C=C3C(=O)C=C[C@@](OC)(O2)[C@H]31. The van der Waals surface area contributed by atoms with Crippen LogP contribution < -0.4 is 15.4 Å². The summed E-state index contributed by atoms with van der Waals surface area (Å²) in [5.74, 6) is -2.79.